The molecule has 6 rings (SSSR count). The molecule has 2 saturated heterocycles. The van der Waals surface area contributed by atoms with Gasteiger partial charge in [0.1, 0.15) is 5.82 Å². The van der Waals surface area contributed by atoms with Crippen molar-refractivity contribution in [2.75, 3.05) is 76.5 Å². The number of nitrogens with one attached hydrogen (secondary N) is 1. The average Bonchev–Trinajstić information content (AvgIpc) is 3.44. The van der Waals surface area contributed by atoms with Crippen LogP contribution in [0.15, 0.2) is 54.7 Å². The summed E-state index contributed by atoms with van der Waals surface area (Å²) in [5.41, 5.74) is 4.22. The fraction of sp³-hybridized carbons (Fsp3) is 0.400. The summed E-state index contributed by atoms with van der Waals surface area (Å²) in [6, 6.07) is 15.4. The number of esters is 1. The first kappa shape index (κ1) is 27.1. The number of aryl methyl sites for hydroxylation is 1. The third-order valence-corrected chi connectivity index (χ3v) is 7.47. The Morgan fingerprint density at radius 2 is 1.68 bits per heavy atom. The summed E-state index contributed by atoms with van der Waals surface area (Å²) in [5.74, 6) is 0.950. The van der Waals surface area contributed by atoms with Crippen LogP contribution in [0.4, 0.5) is 17.5 Å². The molecule has 2 aliphatic rings. The van der Waals surface area contributed by atoms with E-state index in [2.05, 4.69) is 43.1 Å². The van der Waals surface area contributed by atoms with E-state index in [1.165, 1.54) is 7.11 Å². The van der Waals surface area contributed by atoms with E-state index in [4.69, 9.17) is 24.2 Å². The second kappa shape index (κ2) is 12.6. The number of hydrogen-bond donors (Lipinski definition) is 1. The zero-order valence-electron chi connectivity index (χ0n) is 23.3. The normalized spacial score (nSPS) is 16.2. The van der Waals surface area contributed by atoms with Crippen LogP contribution in [-0.4, -0.2) is 96.9 Å². The van der Waals surface area contributed by atoms with Crippen molar-refractivity contribution < 1.29 is 19.0 Å². The highest BCUT2D eigenvalue weighted by atomic mass is 16.5. The van der Waals surface area contributed by atoms with Crippen molar-refractivity contribution in [3.63, 3.8) is 0 Å². The van der Waals surface area contributed by atoms with Crippen molar-refractivity contribution in [2.45, 2.75) is 13.0 Å². The van der Waals surface area contributed by atoms with Gasteiger partial charge in [-0.1, -0.05) is 6.07 Å². The van der Waals surface area contributed by atoms with Crippen molar-refractivity contribution in [3.05, 3.63) is 60.3 Å². The molecule has 0 saturated carbocycles. The zero-order chi connectivity index (χ0) is 28.0. The van der Waals surface area contributed by atoms with Crippen LogP contribution in [0.3, 0.4) is 0 Å². The number of carbonyl (C=O) groups excluding carboxylic acids is 1. The van der Waals surface area contributed by atoms with Crippen molar-refractivity contribution in [3.8, 4) is 11.3 Å². The highest BCUT2D eigenvalue weighted by molar-refractivity contribution is 5.90. The predicted octanol–water partition coefficient (Wildman–Crippen LogP) is 3.58. The lowest BCUT2D eigenvalue weighted by Gasteiger charge is -2.27. The van der Waals surface area contributed by atoms with Crippen LogP contribution in [-0.2, 0) is 20.8 Å². The molecule has 4 heterocycles. The molecule has 4 aromatic rings. The average molecular weight is 558 g/mol. The van der Waals surface area contributed by atoms with Gasteiger partial charge in [0, 0.05) is 62.0 Å². The summed E-state index contributed by atoms with van der Waals surface area (Å²) in [6.07, 6.45) is 2.97. The van der Waals surface area contributed by atoms with Crippen LogP contribution in [0.25, 0.3) is 22.2 Å². The standard InChI is InChI=1S/C30H35N7O4/c1-39-29(38)22-3-6-25(7-4-22)32-28-20-26(33-30(34-28)36-13-17-41-18-14-36)23-5-8-27-24(19-23)21-31-37(27)10-2-9-35-11-15-40-16-12-35/h3-8,19-21H,2,9-18H2,1H3,(H,32,33,34). The summed E-state index contributed by atoms with van der Waals surface area (Å²) in [7, 11) is 1.37. The van der Waals surface area contributed by atoms with Crippen molar-refractivity contribution in [1.82, 2.24) is 24.6 Å². The second-order valence-corrected chi connectivity index (χ2v) is 10.2. The molecule has 2 fully saturated rings. The SMILES string of the molecule is COC(=O)c1ccc(Nc2cc(-c3ccc4c(cnn4CCCN4CCOCC4)c3)nc(N3CCOCC3)n2)cc1. The monoisotopic (exact) mass is 557 g/mol. The first-order chi connectivity index (χ1) is 20.2. The Hall–Kier alpha value is -4.06. The minimum absolute atomic E-state index is 0.369. The van der Waals surface area contributed by atoms with Crippen LogP contribution < -0.4 is 10.2 Å². The lowest BCUT2D eigenvalue weighted by atomic mass is 10.1. The minimum Gasteiger partial charge on any atom is -0.465 e. The maximum atomic E-state index is 11.8. The molecule has 11 nitrogen and oxygen atoms in total. The summed E-state index contributed by atoms with van der Waals surface area (Å²) < 4.78 is 17.9. The second-order valence-electron chi connectivity index (χ2n) is 10.2. The first-order valence-corrected chi connectivity index (χ1v) is 14.1. The van der Waals surface area contributed by atoms with Crippen molar-refractivity contribution in [1.29, 1.82) is 0 Å². The van der Waals surface area contributed by atoms with Gasteiger partial charge in [0.2, 0.25) is 5.95 Å². The number of carbonyl (C=O) groups is 1. The fourth-order valence-corrected chi connectivity index (χ4v) is 5.20. The van der Waals surface area contributed by atoms with Crippen LogP contribution in [0, 0.1) is 0 Å². The third kappa shape index (κ3) is 6.48. The number of morpholine rings is 2. The molecular weight excluding hydrogens is 522 g/mol. The lowest BCUT2D eigenvalue weighted by molar-refractivity contribution is 0.0368. The Morgan fingerprint density at radius 1 is 0.927 bits per heavy atom. The van der Waals surface area contributed by atoms with Gasteiger partial charge in [-0.2, -0.15) is 10.1 Å². The van der Waals surface area contributed by atoms with E-state index in [-0.39, 0.29) is 5.97 Å². The van der Waals surface area contributed by atoms with E-state index in [0.29, 0.717) is 30.5 Å². The molecule has 0 unspecified atom stereocenters. The summed E-state index contributed by atoms with van der Waals surface area (Å²) in [4.78, 5) is 26.2. The largest absolute Gasteiger partial charge is 0.465 e. The van der Waals surface area contributed by atoms with Gasteiger partial charge in [-0.25, -0.2) is 9.78 Å². The van der Waals surface area contributed by atoms with Gasteiger partial charge in [0.15, 0.2) is 0 Å². The summed E-state index contributed by atoms with van der Waals surface area (Å²) >= 11 is 0. The number of nitrogens with zero attached hydrogens (tertiary/aromatic N) is 6. The Bertz CT molecular complexity index is 1480. The topological polar surface area (TPSA) is 107 Å². The van der Waals surface area contributed by atoms with E-state index in [0.717, 1.165) is 86.8 Å². The Labute approximate surface area is 239 Å². The van der Waals surface area contributed by atoms with Gasteiger partial charge in [-0.3, -0.25) is 9.58 Å². The molecule has 2 aromatic carbocycles. The molecule has 0 amide bonds. The van der Waals surface area contributed by atoms with Gasteiger partial charge >= 0.3 is 5.97 Å². The fourth-order valence-electron chi connectivity index (χ4n) is 5.20. The van der Waals surface area contributed by atoms with E-state index in [1.54, 1.807) is 12.1 Å². The number of methoxy groups -OCH3 is 1. The van der Waals surface area contributed by atoms with E-state index >= 15 is 0 Å². The number of anilines is 3. The molecule has 1 N–H and O–H groups in total. The molecule has 0 aliphatic carbocycles. The van der Waals surface area contributed by atoms with Crippen molar-refractivity contribution in [2.24, 2.45) is 0 Å². The molecule has 2 aliphatic heterocycles. The van der Waals surface area contributed by atoms with Gasteiger partial charge in [-0.15, -0.1) is 0 Å². The molecule has 0 bridgehead atoms. The minimum atomic E-state index is -0.369. The van der Waals surface area contributed by atoms with Gasteiger partial charge < -0.3 is 24.4 Å². The van der Waals surface area contributed by atoms with Crippen LogP contribution >= 0.6 is 0 Å². The molecule has 2 aromatic heterocycles. The van der Waals surface area contributed by atoms with E-state index in [9.17, 15) is 4.79 Å². The molecule has 0 atom stereocenters. The number of fused-ring (bicyclic) bond motifs is 1. The highest BCUT2D eigenvalue weighted by Gasteiger charge is 2.18. The number of rotatable bonds is 9. The van der Waals surface area contributed by atoms with Crippen molar-refractivity contribution >= 4 is 34.3 Å². The van der Waals surface area contributed by atoms with Crippen LogP contribution in [0.2, 0.25) is 0 Å². The van der Waals surface area contributed by atoms with E-state index in [1.807, 2.05) is 24.4 Å². The zero-order valence-corrected chi connectivity index (χ0v) is 23.3. The maximum Gasteiger partial charge on any atom is 0.337 e. The number of benzene rings is 2. The lowest BCUT2D eigenvalue weighted by Crippen LogP contribution is -2.37. The van der Waals surface area contributed by atoms with E-state index < -0.39 is 0 Å². The molecular formula is C30H35N7O4. The number of ether oxygens (including phenoxy) is 3. The molecule has 214 valence electrons. The number of aromatic nitrogens is 4. The van der Waals surface area contributed by atoms with Gasteiger partial charge in [-0.05, 0) is 42.8 Å². The maximum absolute atomic E-state index is 11.8. The van der Waals surface area contributed by atoms with Gasteiger partial charge in [0.25, 0.3) is 0 Å². The Kier molecular flexibility index (Phi) is 8.36. The molecule has 0 spiro atoms. The first-order valence-electron chi connectivity index (χ1n) is 14.1. The molecule has 41 heavy (non-hydrogen) atoms. The Balaban J connectivity index is 1.24. The van der Waals surface area contributed by atoms with Gasteiger partial charge in [0.05, 0.1) is 56.5 Å². The van der Waals surface area contributed by atoms with Crippen LogP contribution in [0.1, 0.15) is 16.8 Å². The molecule has 0 radical (unpaired) electrons. The van der Waals surface area contributed by atoms with Crippen LogP contribution in [0.5, 0.6) is 0 Å². The summed E-state index contributed by atoms with van der Waals surface area (Å²) in [6.45, 7) is 8.32. The Morgan fingerprint density at radius 3 is 2.44 bits per heavy atom. The third-order valence-electron chi connectivity index (χ3n) is 7.47. The number of hydrogen-bond acceptors (Lipinski definition) is 10. The quantitative estimate of drug-likeness (QED) is 0.307. The summed E-state index contributed by atoms with van der Waals surface area (Å²) in [5, 5.41) is 9.13. The molecule has 11 heteroatoms. The predicted molar refractivity (Wildman–Crippen MR) is 157 cm³/mol. The highest BCUT2D eigenvalue weighted by Crippen LogP contribution is 2.28. The smallest absolute Gasteiger partial charge is 0.337 e.